The van der Waals surface area contributed by atoms with Gasteiger partial charge in [-0.3, -0.25) is 0 Å². The summed E-state index contributed by atoms with van der Waals surface area (Å²) in [6.45, 7) is 1.63. The second-order valence-corrected chi connectivity index (χ2v) is 3.80. The molecule has 0 bridgehead atoms. The largest absolute Gasteiger partial charge is 0.206 e. The third kappa shape index (κ3) is 2.16. The molecule has 0 spiro atoms. The molecule has 2 rings (SSSR count). The van der Waals surface area contributed by atoms with Gasteiger partial charge in [0, 0.05) is 0 Å². The van der Waals surface area contributed by atoms with E-state index in [-0.39, 0.29) is 5.56 Å². The lowest BCUT2D eigenvalue weighted by Crippen LogP contribution is -1.92. The van der Waals surface area contributed by atoms with Crippen molar-refractivity contribution in [2.45, 2.75) is 6.92 Å². The molecule has 84 valence electrons. The summed E-state index contributed by atoms with van der Waals surface area (Å²) in [6.07, 6.45) is 0. The van der Waals surface area contributed by atoms with Crippen molar-refractivity contribution in [3.05, 3.63) is 59.2 Å². The molecule has 2 aromatic carbocycles. The van der Waals surface area contributed by atoms with Crippen LogP contribution in [0.2, 0.25) is 0 Å². The number of rotatable bonds is 1. The quantitative estimate of drug-likeness (QED) is 0.729. The molecule has 0 N–H and O–H groups in total. The van der Waals surface area contributed by atoms with Crippen LogP contribution >= 0.6 is 0 Å². The van der Waals surface area contributed by atoms with E-state index in [1.807, 2.05) is 6.07 Å². The fourth-order valence-electron chi connectivity index (χ4n) is 1.72. The Bertz CT molecular complexity index is 589. The van der Waals surface area contributed by atoms with Crippen molar-refractivity contribution in [3.8, 4) is 17.2 Å². The average molecular weight is 229 g/mol. The summed E-state index contributed by atoms with van der Waals surface area (Å²) < 4.78 is 27.4. The molecule has 0 heterocycles. The zero-order chi connectivity index (χ0) is 12.4. The van der Waals surface area contributed by atoms with Gasteiger partial charge in [-0.1, -0.05) is 12.1 Å². The van der Waals surface area contributed by atoms with Gasteiger partial charge in [-0.2, -0.15) is 5.26 Å². The van der Waals surface area contributed by atoms with Crippen molar-refractivity contribution < 1.29 is 8.78 Å². The number of aryl methyl sites for hydroxylation is 1. The molecular formula is C14H9F2N. The lowest BCUT2D eigenvalue weighted by Gasteiger charge is -2.06. The van der Waals surface area contributed by atoms with E-state index in [1.54, 1.807) is 25.1 Å². The first-order valence-electron chi connectivity index (χ1n) is 5.08. The van der Waals surface area contributed by atoms with Gasteiger partial charge in [0.05, 0.1) is 17.2 Å². The van der Waals surface area contributed by atoms with Gasteiger partial charge in [-0.15, -0.1) is 0 Å². The molecule has 0 atom stereocenters. The second-order valence-electron chi connectivity index (χ2n) is 3.80. The van der Waals surface area contributed by atoms with Gasteiger partial charge in [0.1, 0.15) is 11.6 Å². The van der Waals surface area contributed by atoms with Crippen LogP contribution in [-0.4, -0.2) is 0 Å². The van der Waals surface area contributed by atoms with Crippen LogP contribution in [0.25, 0.3) is 11.1 Å². The number of nitriles is 1. The molecule has 0 aliphatic carbocycles. The molecule has 3 heteroatoms. The van der Waals surface area contributed by atoms with E-state index in [1.165, 1.54) is 18.2 Å². The zero-order valence-corrected chi connectivity index (χ0v) is 9.17. The Morgan fingerprint density at radius 2 is 1.71 bits per heavy atom. The first kappa shape index (κ1) is 11.3. The maximum absolute atomic E-state index is 13.7. The van der Waals surface area contributed by atoms with Gasteiger partial charge in [0.25, 0.3) is 0 Å². The topological polar surface area (TPSA) is 23.8 Å². The van der Waals surface area contributed by atoms with Crippen molar-refractivity contribution >= 4 is 0 Å². The van der Waals surface area contributed by atoms with Crippen LogP contribution in [0.5, 0.6) is 0 Å². The van der Waals surface area contributed by atoms with Crippen molar-refractivity contribution in [1.29, 1.82) is 5.26 Å². The molecule has 0 amide bonds. The molecule has 0 aromatic heterocycles. The monoisotopic (exact) mass is 229 g/mol. The maximum atomic E-state index is 13.7. The van der Waals surface area contributed by atoms with Crippen LogP contribution in [0.15, 0.2) is 36.4 Å². The number of benzene rings is 2. The van der Waals surface area contributed by atoms with Crippen LogP contribution in [-0.2, 0) is 0 Å². The predicted molar refractivity (Wildman–Crippen MR) is 61.2 cm³/mol. The van der Waals surface area contributed by atoms with Crippen molar-refractivity contribution in [3.63, 3.8) is 0 Å². The SMILES string of the molecule is Cc1cc(F)c(-c2cccc(C#N)c2)c(F)c1. The molecule has 0 radical (unpaired) electrons. The van der Waals surface area contributed by atoms with E-state index >= 15 is 0 Å². The molecule has 0 aliphatic heterocycles. The Morgan fingerprint density at radius 3 is 2.29 bits per heavy atom. The van der Waals surface area contributed by atoms with E-state index in [4.69, 9.17) is 5.26 Å². The number of hydrogen-bond donors (Lipinski definition) is 0. The van der Waals surface area contributed by atoms with Crippen molar-refractivity contribution in [2.75, 3.05) is 0 Å². The third-order valence-corrected chi connectivity index (χ3v) is 2.47. The minimum absolute atomic E-state index is 0.0901. The normalized spacial score (nSPS) is 10.0. The predicted octanol–water partition coefficient (Wildman–Crippen LogP) is 3.81. The lowest BCUT2D eigenvalue weighted by molar-refractivity contribution is 0.588. The van der Waals surface area contributed by atoms with Gasteiger partial charge in [-0.25, -0.2) is 8.78 Å². The van der Waals surface area contributed by atoms with E-state index < -0.39 is 11.6 Å². The number of halogens is 2. The van der Waals surface area contributed by atoms with Gasteiger partial charge in [0.2, 0.25) is 0 Å². The first-order chi connectivity index (χ1) is 8.11. The average Bonchev–Trinajstić information content (AvgIpc) is 2.28. The fraction of sp³-hybridized carbons (Fsp3) is 0.0714. The molecular weight excluding hydrogens is 220 g/mol. The Labute approximate surface area is 97.9 Å². The summed E-state index contributed by atoms with van der Waals surface area (Å²) in [5.41, 5.74) is 1.19. The highest BCUT2D eigenvalue weighted by atomic mass is 19.1. The zero-order valence-electron chi connectivity index (χ0n) is 9.17. The Kier molecular flexibility index (Phi) is 2.88. The highest BCUT2D eigenvalue weighted by Gasteiger charge is 2.12. The summed E-state index contributed by atoms with van der Waals surface area (Å²) in [7, 11) is 0. The molecule has 0 saturated heterocycles. The minimum Gasteiger partial charge on any atom is -0.206 e. The summed E-state index contributed by atoms with van der Waals surface area (Å²) >= 11 is 0. The molecule has 17 heavy (non-hydrogen) atoms. The van der Waals surface area contributed by atoms with E-state index in [0.717, 1.165) is 0 Å². The van der Waals surface area contributed by atoms with Crippen LogP contribution in [0.1, 0.15) is 11.1 Å². The number of hydrogen-bond acceptors (Lipinski definition) is 1. The van der Waals surface area contributed by atoms with E-state index in [2.05, 4.69) is 0 Å². The standard InChI is InChI=1S/C14H9F2N/c1-9-5-12(15)14(13(16)6-9)11-4-2-3-10(7-11)8-17/h2-7H,1H3. The Morgan fingerprint density at radius 1 is 1.06 bits per heavy atom. The van der Waals surface area contributed by atoms with E-state index in [9.17, 15) is 8.78 Å². The number of nitrogens with zero attached hydrogens (tertiary/aromatic N) is 1. The highest BCUT2D eigenvalue weighted by Crippen LogP contribution is 2.27. The van der Waals surface area contributed by atoms with Crippen molar-refractivity contribution in [2.24, 2.45) is 0 Å². The summed E-state index contributed by atoms with van der Waals surface area (Å²) in [5.74, 6) is -1.23. The smallest absolute Gasteiger partial charge is 0.134 e. The molecule has 0 unspecified atom stereocenters. The third-order valence-electron chi connectivity index (χ3n) is 2.47. The lowest BCUT2D eigenvalue weighted by atomic mass is 10.0. The fourth-order valence-corrected chi connectivity index (χ4v) is 1.72. The molecule has 0 saturated carbocycles. The maximum Gasteiger partial charge on any atom is 0.134 e. The summed E-state index contributed by atoms with van der Waals surface area (Å²) in [5, 5.41) is 8.75. The van der Waals surface area contributed by atoms with Gasteiger partial charge >= 0.3 is 0 Å². The Hall–Kier alpha value is -2.21. The molecule has 0 aliphatic rings. The second kappa shape index (κ2) is 4.34. The Balaban J connectivity index is 2.65. The van der Waals surface area contributed by atoms with Crippen LogP contribution in [0, 0.1) is 29.9 Å². The summed E-state index contributed by atoms with van der Waals surface area (Å²) in [6, 6.07) is 10.7. The molecule has 1 nitrogen and oxygen atoms in total. The van der Waals surface area contributed by atoms with Gasteiger partial charge < -0.3 is 0 Å². The van der Waals surface area contributed by atoms with Gasteiger partial charge in [-0.05, 0) is 42.3 Å². The van der Waals surface area contributed by atoms with E-state index in [0.29, 0.717) is 16.7 Å². The van der Waals surface area contributed by atoms with Crippen molar-refractivity contribution in [1.82, 2.24) is 0 Å². The van der Waals surface area contributed by atoms with Crippen LogP contribution in [0.4, 0.5) is 8.78 Å². The first-order valence-corrected chi connectivity index (χ1v) is 5.08. The van der Waals surface area contributed by atoms with Crippen LogP contribution in [0.3, 0.4) is 0 Å². The molecule has 2 aromatic rings. The highest BCUT2D eigenvalue weighted by molar-refractivity contribution is 5.66. The van der Waals surface area contributed by atoms with Crippen LogP contribution < -0.4 is 0 Å². The van der Waals surface area contributed by atoms with Gasteiger partial charge in [0.15, 0.2) is 0 Å². The molecule has 0 fully saturated rings. The minimum atomic E-state index is -0.613. The summed E-state index contributed by atoms with van der Waals surface area (Å²) in [4.78, 5) is 0.